The Balaban J connectivity index is 2.40. The standard InChI is InChI=1S/C13H19ClN2O3S/c1-8-6-16(7-9(2)19-8)20(17,18)11-4-12(14)10(3)13(15)5-11/h4-5,8-9H,6-7,15H2,1-3H3/t8-,9+. The van der Waals surface area contributed by atoms with Crippen molar-refractivity contribution in [1.29, 1.82) is 0 Å². The van der Waals surface area contributed by atoms with Gasteiger partial charge < -0.3 is 10.5 Å². The predicted molar refractivity (Wildman–Crippen MR) is 79.4 cm³/mol. The Labute approximate surface area is 124 Å². The minimum Gasteiger partial charge on any atom is -0.398 e. The van der Waals surface area contributed by atoms with Crippen molar-refractivity contribution in [2.75, 3.05) is 18.8 Å². The molecule has 1 aliphatic heterocycles. The second kappa shape index (κ2) is 5.52. The molecule has 2 atom stereocenters. The van der Waals surface area contributed by atoms with Crippen LogP contribution in [0.2, 0.25) is 5.02 Å². The number of nitrogens with two attached hydrogens (primary N) is 1. The Bertz CT molecular complexity index is 585. The number of nitrogens with zero attached hydrogens (tertiary/aromatic N) is 1. The Morgan fingerprint density at radius 3 is 2.35 bits per heavy atom. The van der Waals surface area contributed by atoms with Gasteiger partial charge in [-0.05, 0) is 38.5 Å². The third-order valence-electron chi connectivity index (χ3n) is 3.38. The van der Waals surface area contributed by atoms with Gasteiger partial charge in [-0.2, -0.15) is 4.31 Å². The Morgan fingerprint density at radius 2 is 1.85 bits per heavy atom. The average Bonchev–Trinajstić information content (AvgIpc) is 2.34. The molecule has 0 bridgehead atoms. The van der Waals surface area contributed by atoms with Crippen LogP contribution in [0.4, 0.5) is 5.69 Å². The quantitative estimate of drug-likeness (QED) is 0.847. The van der Waals surface area contributed by atoms with Crippen molar-refractivity contribution in [2.24, 2.45) is 0 Å². The van der Waals surface area contributed by atoms with E-state index in [4.69, 9.17) is 22.1 Å². The highest BCUT2D eigenvalue weighted by atomic mass is 35.5. The summed E-state index contributed by atoms with van der Waals surface area (Å²) in [7, 11) is -3.60. The van der Waals surface area contributed by atoms with E-state index < -0.39 is 10.0 Å². The van der Waals surface area contributed by atoms with Gasteiger partial charge >= 0.3 is 0 Å². The number of anilines is 1. The predicted octanol–water partition coefficient (Wildman–Crippen LogP) is 2.03. The number of halogens is 1. The lowest BCUT2D eigenvalue weighted by Gasteiger charge is -2.34. The number of benzene rings is 1. The van der Waals surface area contributed by atoms with Crippen LogP contribution in [0, 0.1) is 6.92 Å². The summed E-state index contributed by atoms with van der Waals surface area (Å²) in [5, 5.41) is 0.359. The average molecular weight is 319 g/mol. The Hall–Kier alpha value is -0.820. The van der Waals surface area contributed by atoms with Crippen molar-refractivity contribution in [3.8, 4) is 0 Å². The molecular weight excluding hydrogens is 300 g/mol. The molecule has 1 aliphatic rings. The van der Waals surface area contributed by atoms with E-state index in [1.54, 1.807) is 6.92 Å². The summed E-state index contributed by atoms with van der Waals surface area (Å²) < 4.78 is 32.3. The summed E-state index contributed by atoms with van der Waals surface area (Å²) >= 11 is 6.03. The molecule has 0 amide bonds. The molecule has 7 heteroatoms. The van der Waals surface area contributed by atoms with E-state index in [-0.39, 0.29) is 17.1 Å². The van der Waals surface area contributed by atoms with Gasteiger partial charge in [0.2, 0.25) is 10.0 Å². The van der Waals surface area contributed by atoms with Crippen LogP contribution in [-0.4, -0.2) is 38.0 Å². The van der Waals surface area contributed by atoms with E-state index in [9.17, 15) is 8.42 Å². The molecule has 20 heavy (non-hydrogen) atoms. The number of hydrogen-bond donors (Lipinski definition) is 1. The van der Waals surface area contributed by atoms with Gasteiger partial charge in [-0.15, -0.1) is 0 Å². The van der Waals surface area contributed by atoms with Crippen molar-refractivity contribution in [1.82, 2.24) is 4.31 Å². The largest absolute Gasteiger partial charge is 0.398 e. The van der Waals surface area contributed by atoms with E-state index in [1.165, 1.54) is 16.4 Å². The molecule has 2 N–H and O–H groups in total. The normalized spacial score (nSPS) is 24.8. The van der Waals surface area contributed by atoms with Crippen LogP contribution in [-0.2, 0) is 14.8 Å². The fourth-order valence-corrected chi connectivity index (χ4v) is 4.24. The Morgan fingerprint density at radius 1 is 1.30 bits per heavy atom. The van der Waals surface area contributed by atoms with Crippen LogP contribution in [0.25, 0.3) is 0 Å². The number of rotatable bonds is 2. The summed E-state index contributed by atoms with van der Waals surface area (Å²) in [4.78, 5) is 0.131. The highest BCUT2D eigenvalue weighted by Crippen LogP contribution is 2.29. The van der Waals surface area contributed by atoms with Gasteiger partial charge in [0.05, 0.1) is 17.1 Å². The van der Waals surface area contributed by atoms with Crippen molar-refractivity contribution in [3.63, 3.8) is 0 Å². The van der Waals surface area contributed by atoms with Gasteiger partial charge in [0.15, 0.2) is 0 Å². The Kier molecular flexibility index (Phi) is 4.30. The monoisotopic (exact) mass is 318 g/mol. The summed E-state index contributed by atoms with van der Waals surface area (Å²) in [5.74, 6) is 0. The molecule has 0 saturated carbocycles. The van der Waals surface area contributed by atoms with Gasteiger partial charge in [0, 0.05) is 23.8 Å². The van der Waals surface area contributed by atoms with Crippen molar-refractivity contribution >= 4 is 27.3 Å². The molecule has 0 unspecified atom stereocenters. The molecule has 5 nitrogen and oxygen atoms in total. The van der Waals surface area contributed by atoms with Crippen LogP contribution in [0.5, 0.6) is 0 Å². The van der Waals surface area contributed by atoms with E-state index in [0.717, 1.165) is 0 Å². The van der Waals surface area contributed by atoms with E-state index in [1.807, 2.05) is 13.8 Å². The molecule has 1 heterocycles. The molecule has 1 fully saturated rings. The van der Waals surface area contributed by atoms with E-state index in [2.05, 4.69) is 0 Å². The molecular formula is C13H19ClN2O3S. The maximum atomic E-state index is 12.7. The van der Waals surface area contributed by atoms with Gasteiger partial charge in [-0.1, -0.05) is 11.6 Å². The molecule has 112 valence electrons. The van der Waals surface area contributed by atoms with Crippen LogP contribution < -0.4 is 5.73 Å². The number of hydrogen-bond acceptors (Lipinski definition) is 4. The third-order valence-corrected chi connectivity index (χ3v) is 5.58. The van der Waals surface area contributed by atoms with E-state index >= 15 is 0 Å². The summed E-state index contributed by atoms with van der Waals surface area (Å²) in [6.07, 6.45) is -0.265. The third kappa shape index (κ3) is 2.93. The minimum absolute atomic E-state index is 0.131. The lowest BCUT2D eigenvalue weighted by molar-refractivity contribution is -0.0440. The van der Waals surface area contributed by atoms with Crippen LogP contribution in [0.15, 0.2) is 17.0 Å². The van der Waals surface area contributed by atoms with Crippen LogP contribution in [0.1, 0.15) is 19.4 Å². The summed E-state index contributed by atoms with van der Waals surface area (Å²) in [5.41, 5.74) is 6.88. The first kappa shape index (κ1) is 15.6. The molecule has 1 aromatic carbocycles. The minimum atomic E-state index is -3.60. The fourth-order valence-electron chi connectivity index (χ4n) is 2.30. The highest BCUT2D eigenvalue weighted by Gasteiger charge is 2.32. The molecule has 0 aliphatic carbocycles. The smallest absolute Gasteiger partial charge is 0.243 e. The second-order valence-electron chi connectivity index (χ2n) is 5.20. The van der Waals surface area contributed by atoms with E-state index in [0.29, 0.717) is 29.4 Å². The topological polar surface area (TPSA) is 72.6 Å². The van der Waals surface area contributed by atoms with Crippen molar-refractivity contribution in [3.05, 3.63) is 22.7 Å². The lowest BCUT2D eigenvalue weighted by atomic mass is 10.2. The maximum absolute atomic E-state index is 12.7. The molecule has 1 aromatic rings. The first-order valence-electron chi connectivity index (χ1n) is 6.43. The number of morpholine rings is 1. The first-order valence-corrected chi connectivity index (χ1v) is 8.25. The zero-order valence-electron chi connectivity index (χ0n) is 11.8. The lowest BCUT2D eigenvalue weighted by Crippen LogP contribution is -2.48. The SMILES string of the molecule is Cc1c(N)cc(S(=O)(=O)N2C[C@@H](C)O[C@@H](C)C2)cc1Cl. The molecule has 1 saturated heterocycles. The van der Waals surface area contributed by atoms with Gasteiger partial charge in [-0.3, -0.25) is 0 Å². The fraction of sp³-hybridized carbons (Fsp3) is 0.538. The number of nitrogen functional groups attached to an aromatic ring is 1. The van der Waals surface area contributed by atoms with Gasteiger partial charge in [0.1, 0.15) is 0 Å². The van der Waals surface area contributed by atoms with Crippen molar-refractivity contribution in [2.45, 2.75) is 37.9 Å². The summed E-state index contributed by atoms with van der Waals surface area (Å²) in [6.45, 7) is 6.13. The van der Waals surface area contributed by atoms with Gasteiger partial charge in [-0.25, -0.2) is 8.42 Å². The zero-order chi connectivity index (χ0) is 15.1. The molecule has 0 radical (unpaired) electrons. The van der Waals surface area contributed by atoms with Crippen LogP contribution >= 0.6 is 11.6 Å². The summed E-state index contributed by atoms with van der Waals surface area (Å²) in [6, 6.07) is 2.91. The molecule has 0 spiro atoms. The number of sulfonamides is 1. The first-order chi connectivity index (χ1) is 9.21. The molecule has 2 rings (SSSR count). The highest BCUT2D eigenvalue weighted by molar-refractivity contribution is 7.89. The molecule has 0 aromatic heterocycles. The second-order valence-corrected chi connectivity index (χ2v) is 7.54. The van der Waals surface area contributed by atoms with Crippen molar-refractivity contribution < 1.29 is 13.2 Å². The number of ether oxygens (including phenoxy) is 1. The van der Waals surface area contributed by atoms with Crippen LogP contribution in [0.3, 0.4) is 0 Å². The van der Waals surface area contributed by atoms with Gasteiger partial charge in [0.25, 0.3) is 0 Å². The zero-order valence-corrected chi connectivity index (χ0v) is 13.3. The maximum Gasteiger partial charge on any atom is 0.243 e.